The van der Waals surface area contributed by atoms with Crippen LogP contribution in [0.3, 0.4) is 0 Å². The van der Waals surface area contributed by atoms with Gasteiger partial charge in [-0.1, -0.05) is 54.6 Å². The molecule has 2 aromatic carbocycles. The molecular formula is C17H15NO. The van der Waals surface area contributed by atoms with E-state index in [9.17, 15) is 4.79 Å². The molecule has 19 heavy (non-hydrogen) atoms. The molecule has 1 unspecified atom stereocenters. The van der Waals surface area contributed by atoms with Crippen molar-refractivity contribution in [2.75, 3.05) is 0 Å². The molecule has 0 saturated carbocycles. The minimum Gasteiger partial charge on any atom is -0.289 e. The molecule has 0 aliphatic rings. The number of ketones is 1. The molecule has 1 atom stereocenters. The molecule has 0 aliphatic carbocycles. The number of hydrogen-bond donors (Lipinski definition) is 0. The maximum Gasteiger partial charge on any atom is 0.193 e. The highest BCUT2D eigenvalue weighted by Gasteiger charge is 2.08. The molecule has 0 N–H and O–H groups in total. The second-order valence-corrected chi connectivity index (χ2v) is 4.63. The van der Waals surface area contributed by atoms with Gasteiger partial charge in [0.15, 0.2) is 5.78 Å². The molecular weight excluding hydrogens is 234 g/mol. The minimum absolute atomic E-state index is 0.00400. The van der Waals surface area contributed by atoms with E-state index in [1.165, 1.54) is 0 Å². The topological polar surface area (TPSA) is 40.9 Å². The van der Waals surface area contributed by atoms with Crippen LogP contribution in [0.1, 0.15) is 28.4 Å². The lowest BCUT2D eigenvalue weighted by molar-refractivity contribution is 0.103. The van der Waals surface area contributed by atoms with Crippen LogP contribution in [0.5, 0.6) is 0 Å². The van der Waals surface area contributed by atoms with Gasteiger partial charge in [-0.15, -0.1) is 0 Å². The highest BCUT2D eigenvalue weighted by atomic mass is 16.1. The Kier molecular flexibility index (Phi) is 4.10. The summed E-state index contributed by atoms with van der Waals surface area (Å²) in [5.41, 5.74) is 2.46. The Morgan fingerprint density at radius 1 is 1.05 bits per heavy atom. The molecule has 94 valence electrons. The molecule has 0 bridgehead atoms. The first-order chi connectivity index (χ1) is 9.20. The third kappa shape index (κ3) is 3.29. The molecule has 0 spiro atoms. The Hall–Kier alpha value is -2.40. The van der Waals surface area contributed by atoms with E-state index < -0.39 is 0 Å². The smallest absolute Gasteiger partial charge is 0.193 e. The quantitative estimate of drug-likeness (QED) is 0.776. The normalized spacial score (nSPS) is 11.6. The van der Waals surface area contributed by atoms with E-state index in [4.69, 9.17) is 5.26 Å². The fraction of sp³-hybridized carbons (Fsp3) is 0.176. The van der Waals surface area contributed by atoms with Gasteiger partial charge in [-0.2, -0.15) is 5.26 Å². The lowest BCUT2D eigenvalue weighted by Gasteiger charge is -2.05. The Morgan fingerprint density at radius 3 is 2.21 bits per heavy atom. The van der Waals surface area contributed by atoms with Crippen LogP contribution in [-0.2, 0) is 6.42 Å². The summed E-state index contributed by atoms with van der Waals surface area (Å²) < 4.78 is 0. The predicted molar refractivity (Wildman–Crippen MR) is 74.8 cm³/mol. The highest BCUT2D eigenvalue weighted by molar-refractivity contribution is 6.08. The number of nitrogens with zero attached hydrogens (tertiary/aromatic N) is 1. The molecule has 0 heterocycles. The maximum absolute atomic E-state index is 12.2. The van der Waals surface area contributed by atoms with Gasteiger partial charge in [0.05, 0.1) is 6.07 Å². The monoisotopic (exact) mass is 249 g/mol. The molecule has 2 aromatic rings. The van der Waals surface area contributed by atoms with Gasteiger partial charge < -0.3 is 0 Å². The summed E-state index contributed by atoms with van der Waals surface area (Å²) in [6.45, 7) is 1.89. The number of benzene rings is 2. The van der Waals surface area contributed by atoms with Gasteiger partial charge in [0.1, 0.15) is 0 Å². The highest BCUT2D eigenvalue weighted by Crippen LogP contribution is 2.13. The first-order valence-electron chi connectivity index (χ1n) is 6.29. The average molecular weight is 249 g/mol. The van der Waals surface area contributed by atoms with Gasteiger partial charge >= 0.3 is 0 Å². The van der Waals surface area contributed by atoms with Crippen molar-refractivity contribution in [1.29, 1.82) is 5.26 Å². The SMILES string of the molecule is CC(C#N)Cc1ccc(C(=O)c2ccccc2)cc1. The van der Waals surface area contributed by atoms with Gasteiger partial charge in [0.2, 0.25) is 0 Å². The summed E-state index contributed by atoms with van der Waals surface area (Å²) in [5.74, 6) is 0.0242. The van der Waals surface area contributed by atoms with Crippen molar-refractivity contribution in [2.24, 2.45) is 5.92 Å². The summed E-state index contributed by atoms with van der Waals surface area (Å²) in [5, 5.41) is 8.78. The van der Waals surface area contributed by atoms with Crippen molar-refractivity contribution in [3.63, 3.8) is 0 Å². The van der Waals surface area contributed by atoms with Gasteiger partial charge in [-0.25, -0.2) is 0 Å². The average Bonchev–Trinajstić information content (AvgIpc) is 2.48. The minimum atomic E-state index is -0.00400. The van der Waals surface area contributed by atoms with E-state index in [0.29, 0.717) is 11.1 Å². The fourth-order valence-electron chi connectivity index (χ4n) is 1.95. The first-order valence-corrected chi connectivity index (χ1v) is 6.29. The van der Waals surface area contributed by atoms with E-state index in [-0.39, 0.29) is 11.7 Å². The Morgan fingerprint density at radius 2 is 1.63 bits per heavy atom. The molecule has 0 radical (unpaired) electrons. The van der Waals surface area contributed by atoms with E-state index >= 15 is 0 Å². The molecule has 2 rings (SSSR count). The van der Waals surface area contributed by atoms with E-state index in [0.717, 1.165) is 12.0 Å². The van der Waals surface area contributed by atoms with E-state index in [1.54, 1.807) is 0 Å². The number of rotatable bonds is 4. The maximum atomic E-state index is 12.2. The number of nitriles is 1. The van der Waals surface area contributed by atoms with Crippen molar-refractivity contribution in [3.05, 3.63) is 71.3 Å². The van der Waals surface area contributed by atoms with Gasteiger partial charge in [0.25, 0.3) is 0 Å². The Labute approximate surface area is 113 Å². The van der Waals surface area contributed by atoms with Gasteiger partial charge in [0, 0.05) is 17.0 Å². The van der Waals surface area contributed by atoms with Crippen LogP contribution in [0.4, 0.5) is 0 Å². The fourth-order valence-corrected chi connectivity index (χ4v) is 1.95. The molecule has 0 saturated heterocycles. The van der Waals surface area contributed by atoms with Crippen molar-refractivity contribution >= 4 is 5.78 Å². The van der Waals surface area contributed by atoms with Crippen molar-refractivity contribution in [3.8, 4) is 6.07 Å². The van der Waals surface area contributed by atoms with Crippen molar-refractivity contribution < 1.29 is 4.79 Å². The van der Waals surface area contributed by atoms with E-state index in [1.807, 2.05) is 61.5 Å². The standard InChI is InChI=1S/C17H15NO/c1-13(12-18)11-14-7-9-16(10-8-14)17(19)15-5-3-2-4-6-15/h2-10,13H,11H2,1H3. The summed E-state index contributed by atoms with van der Waals surface area (Å²) in [6.07, 6.45) is 0.719. The molecule has 0 aliphatic heterocycles. The number of carbonyl (C=O) groups is 1. The van der Waals surface area contributed by atoms with Crippen molar-refractivity contribution in [1.82, 2.24) is 0 Å². The summed E-state index contributed by atoms with van der Waals surface area (Å²) >= 11 is 0. The lowest BCUT2D eigenvalue weighted by Crippen LogP contribution is -2.02. The van der Waals surface area contributed by atoms with Crippen molar-refractivity contribution in [2.45, 2.75) is 13.3 Å². The van der Waals surface area contributed by atoms with Crippen LogP contribution in [0.2, 0.25) is 0 Å². The van der Waals surface area contributed by atoms with Crippen LogP contribution in [-0.4, -0.2) is 5.78 Å². The zero-order valence-electron chi connectivity index (χ0n) is 10.8. The third-order valence-corrected chi connectivity index (χ3v) is 3.01. The Bertz CT molecular complexity index is 593. The Balaban J connectivity index is 2.15. The van der Waals surface area contributed by atoms with Crippen LogP contribution in [0, 0.1) is 17.2 Å². The molecule has 0 fully saturated rings. The van der Waals surface area contributed by atoms with E-state index in [2.05, 4.69) is 6.07 Å². The largest absolute Gasteiger partial charge is 0.289 e. The molecule has 0 aromatic heterocycles. The van der Waals surface area contributed by atoms with Gasteiger partial charge in [-0.3, -0.25) is 4.79 Å². The van der Waals surface area contributed by atoms with Crippen LogP contribution >= 0.6 is 0 Å². The summed E-state index contributed by atoms with van der Waals surface area (Å²) in [6, 6.07) is 18.9. The summed E-state index contributed by atoms with van der Waals surface area (Å²) in [7, 11) is 0. The second kappa shape index (κ2) is 5.97. The van der Waals surface area contributed by atoms with Crippen LogP contribution < -0.4 is 0 Å². The lowest BCUT2D eigenvalue weighted by atomic mass is 9.98. The van der Waals surface area contributed by atoms with Gasteiger partial charge in [-0.05, 0) is 18.9 Å². The predicted octanol–water partition coefficient (Wildman–Crippen LogP) is 3.62. The second-order valence-electron chi connectivity index (χ2n) is 4.63. The zero-order valence-corrected chi connectivity index (χ0v) is 10.8. The number of hydrogen-bond acceptors (Lipinski definition) is 2. The van der Waals surface area contributed by atoms with Crippen LogP contribution in [0.25, 0.3) is 0 Å². The molecule has 2 heteroatoms. The first kappa shape index (κ1) is 13.0. The summed E-state index contributed by atoms with van der Waals surface area (Å²) in [4.78, 5) is 12.2. The van der Waals surface area contributed by atoms with Crippen LogP contribution in [0.15, 0.2) is 54.6 Å². The number of carbonyl (C=O) groups excluding carboxylic acids is 1. The molecule has 0 amide bonds. The molecule has 2 nitrogen and oxygen atoms in total. The third-order valence-electron chi connectivity index (χ3n) is 3.01. The zero-order chi connectivity index (χ0) is 13.7.